The van der Waals surface area contributed by atoms with E-state index in [4.69, 9.17) is 15.2 Å². The number of fused-ring (bicyclic) bond motifs is 1. The minimum absolute atomic E-state index is 0.255. The van der Waals surface area contributed by atoms with Gasteiger partial charge in [-0.1, -0.05) is 0 Å². The van der Waals surface area contributed by atoms with Gasteiger partial charge in [-0.2, -0.15) is 0 Å². The van der Waals surface area contributed by atoms with Crippen LogP contribution in [0.5, 0.6) is 5.75 Å². The molecule has 0 bridgehead atoms. The summed E-state index contributed by atoms with van der Waals surface area (Å²) in [6, 6.07) is 5.72. The Morgan fingerprint density at radius 2 is 2.25 bits per heavy atom. The minimum Gasteiger partial charge on any atom is -0.486 e. The van der Waals surface area contributed by atoms with Gasteiger partial charge in [0.05, 0.1) is 25.4 Å². The number of hydrogen-bond acceptors (Lipinski definition) is 4. The SMILES string of the molecule is Nc1ccc2c(c1)NC[C@H](CC1COC1)O2. The lowest BCUT2D eigenvalue weighted by molar-refractivity contribution is -0.0490. The highest BCUT2D eigenvalue weighted by Gasteiger charge is 2.26. The molecule has 2 aliphatic heterocycles. The Bertz CT molecular complexity index is 391. The Hall–Kier alpha value is -1.42. The molecule has 0 aromatic heterocycles. The second kappa shape index (κ2) is 3.87. The number of ether oxygens (including phenoxy) is 2. The van der Waals surface area contributed by atoms with Crippen molar-refractivity contribution in [1.82, 2.24) is 0 Å². The zero-order chi connectivity index (χ0) is 11.0. The molecule has 0 aliphatic carbocycles. The molecule has 4 nitrogen and oxygen atoms in total. The molecule has 0 spiro atoms. The van der Waals surface area contributed by atoms with Gasteiger partial charge in [-0.25, -0.2) is 0 Å². The van der Waals surface area contributed by atoms with Gasteiger partial charge in [0.25, 0.3) is 0 Å². The summed E-state index contributed by atoms with van der Waals surface area (Å²) in [4.78, 5) is 0. The Balaban J connectivity index is 1.68. The van der Waals surface area contributed by atoms with Crippen LogP contribution in [0.4, 0.5) is 11.4 Å². The Morgan fingerprint density at radius 1 is 1.38 bits per heavy atom. The molecule has 4 heteroatoms. The van der Waals surface area contributed by atoms with Gasteiger partial charge in [-0.3, -0.25) is 0 Å². The summed E-state index contributed by atoms with van der Waals surface area (Å²) in [7, 11) is 0. The molecule has 0 radical (unpaired) electrons. The van der Waals surface area contributed by atoms with Gasteiger partial charge in [-0.05, 0) is 24.6 Å². The predicted molar refractivity (Wildman–Crippen MR) is 62.7 cm³/mol. The van der Waals surface area contributed by atoms with Crippen LogP contribution in [0, 0.1) is 5.92 Å². The summed E-state index contributed by atoms with van der Waals surface area (Å²) in [6.07, 6.45) is 1.32. The summed E-state index contributed by atoms with van der Waals surface area (Å²) in [5.41, 5.74) is 7.48. The van der Waals surface area contributed by atoms with Gasteiger partial charge in [-0.15, -0.1) is 0 Å². The normalized spacial score (nSPS) is 23.9. The molecular formula is C12H16N2O2. The third-order valence-electron chi connectivity index (χ3n) is 3.12. The van der Waals surface area contributed by atoms with E-state index in [0.717, 1.165) is 43.3 Å². The van der Waals surface area contributed by atoms with E-state index in [2.05, 4.69) is 5.32 Å². The lowest BCUT2D eigenvalue weighted by Gasteiger charge is -2.33. The molecule has 1 atom stereocenters. The maximum absolute atomic E-state index is 5.92. The van der Waals surface area contributed by atoms with Crippen molar-refractivity contribution in [1.29, 1.82) is 0 Å². The summed E-state index contributed by atoms with van der Waals surface area (Å²) >= 11 is 0. The Labute approximate surface area is 94.7 Å². The van der Waals surface area contributed by atoms with Crippen molar-refractivity contribution in [3.05, 3.63) is 18.2 Å². The van der Waals surface area contributed by atoms with Crippen LogP contribution >= 0.6 is 0 Å². The molecule has 2 aliphatic rings. The second-order valence-electron chi connectivity index (χ2n) is 4.52. The number of rotatable bonds is 2. The van der Waals surface area contributed by atoms with Crippen LogP contribution in [0.2, 0.25) is 0 Å². The third-order valence-corrected chi connectivity index (χ3v) is 3.12. The summed E-state index contributed by atoms with van der Waals surface area (Å²) in [5, 5.41) is 3.36. The molecule has 1 aromatic carbocycles. The molecule has 3 rings (SSSR count). The van der Waals surface area contributed by atoms with Crippen molar-refractivity contribution in [3.63, 3.8) is 0 Å². The highest BCUT2D eigenvalue weighted by Crippen LogP contribution is 2.32. The van der Waals surface area contributed by atoms with E-state index in [1.807, 2.05) is 18.2 Å². The standard InChI is InChI=1S/C12H16N2O2/c13-9-1-2-12-11(4-9)14-5-10(16-12)3-8-6-15-7-8/h1-2,4,8,10,14H,3,5-7,13H2/t10-/m0/s1. The molecule has 0 saturated carbocycles. The van der Waals surface area contributed by atoms with Crippen molar-refractivity contribution in [2.24, 2.45) is 5.92 Å². The van der Waals surface area contributed by atoms with Crippen molar-refractivity contribution < 1.29 is 9.47 Å². The molecule has 0 amide bonds. The lowest BCUT2D eigenvalue weighted by atomic mass is 9.99. The molecule has 3 N–H and O–H groups in total. The molecule has 1 saturated heterocycles. The van der Waals surface area contributed by atoms with E-state index < -0.39 is 0 Å². The monoisotopic (exact) mass is 220 g/mol. The van der Waals surface area contributed by atoms with Crippen molar-refractivity contribution in [3.8, 4) is 5.75 Å². The van der Waals surface area contributed by atoms with E-state index >= 15 is 0 Å². The first-order valence-electron chi connectivity index (χ1n) is 5.69. The molecular weight excluding hydrogens is 204 g/mol. The van der Waals surface area contributed by atoms with Gasteiger partial charge in [0, 0.05) is 11.6 Å². The van der Waals surface area contributed by atoms with E-state index in [9.17, 15) is 0 Å². The summed E-state index contributed by atoms with van der Waals surface area (Å²) in [5.74, 6) is 1.58. The van der Waals surface area contributed by atoms with E-state index in [0.29, 0.717) is 5.92 Å². The average Bonchev–Trinajstić information content (AvgIpc) is 2.23. The quantitative estimate of drug-likeness (QED) is 0.741. The molecule has 86 valence electrons. The van der Waals surface area contributed by atoms with Crippen LogP contribution in [0.1, 0.15) is 6.42 Å². The smallest absolute Gasteiger partial charge is 0.143 e. The maximum atomic E-state index is 5.92. The zero-order valence-corrected chi connectivity index (χ0v) is 9.11. The average molecular weight is 220 g/mol. The first kappa shape index (κ1) is 9.78. The minimum atomic E-state index is 0.255. The lowest BCUT2D eigenvalue weighted by Crippen LogP contribution is -2.38. The van der Waals surface area contributed by atoms with Crippen LogP contribution in [-0.4, -0.2) is 25.9 Å². The van der Waals surface area contributed by atoms with E-state index in [1.54, 1.807) is 0 Å². The zero-order valence-electron chi connectivity index (χ0n) is 9.11. The Morgan fingerprint density at radius 3 is 3.00 bits per heavy atom. The fourth-order valence-corrected chi connectivity index (χ4v) is 2.16. The number of nitrogens with one attached hydrogen (secondary N) is 1. The first-order valence-corrected chi connectivity index (χ1v) is 5.69. The highest BCUT2D eigenvalue weighted by atomic mass is 16.5. The number of nitrogens with two attached hydrogens (primary N) is 1. The van der Waals surface area contributed by atoms with Crippen LogP contribution < -0.4 is 15.8 Å². The maximum Gasteiger partial charge on any atom is 0.143 e. The Kier molecular flexibility index (Phi) is 2.36. The van der Waals surface area contributed by atoms with Gasteiger partial charge in [0.15, 0.2) is 0 Å². The van der Waals surface area contributed by atoms with Crippen molar-refractivity contribution in [2.45, 2.75) is 12.5 Å². The van der Waals surface area contributed by atoms with Crippen LogP contribution in [-0.2, 0) is 4.74 Å². The fourth-order valence-electron chi connectivity index (χ4n) is 2.16. The van der Waals surface area contributed by atoms with Crippen LogP contribution in [0.15, 0.2) is 18.2 Å². The van der Waals surface area contributed by atoms with Crippen molar-refractivity contribution >= 4 is 11.4 Å². The summed E-state index contributed by atoms with van der Waals surface area (Å²) in [6.45, 7) is 2.62. The van der Waals surface area contributed by atoms with Gasteiger partial charge < -0.3 is 20.5 Å². The van der Waals surface area contributed by atoms with Crippen molar-refractivity contribution in [2.75, 3.05) is 30.8 Å². The molecule has 1 aromatic rings. The van der Waals surface area contributed by atoms with Gasteiger partial charge in [0.2, 0.25) is 0 Å². The number of nitrogen functional groups attached to an aromatic ring is 1. The predicted octanol–water partition coefficient (Wildman–Crippen LogP) is 1.48. The van der Waals surface area contributed by atoms with Gasteiger partial charge in [0.1, 0.15) is 11.9 Å². The third kappa shape index (κ3) is 1.80. The summed E-state index contributed by atoms with van der Waals surface area (Å²) < 4.78 is 11.1. The molecule has 0 unspecified atom stereocenters. The van der Waals surface area contributed by atoms with Gasteiger partial charge >= 0.3 is 0 Å². The first-order chi connectivity index (χ1) is 7.81. The van der Waals surface area contributed by atoms with Crippen LogP contribution in [0.25, 0.3) is 0 Å². The highest BCUT2D eigenvalue weighted by molar-refractivity contribution is 5.64. The molecule has 16 heavy (non-hydrogen) atoms. The molecule has 1 fully saturated rings. The molecule has 2 heterocycles. The second-order valence-corrected chi connectivity index (χ2v) is 4.52. The topological polar surface area (TPSA) is 56.5 Å². The number of benzene rings is 1. The largest absolute Gasteiger partial charge is 0.486 e. The number of anilines is 2. The number of hydrogen-bond donors (Lipinski definition) is 2. The van der Waals surface area contributed by atoms with E-state index in [-0.39, 0.29) is 6.10 Å². The fraction of sp³-hybridized carbons (Fsp3) is 0.500. The van der Waals surface area contributed by atoms with E-state index in [1.165, 1.54) is 0 Å². The van der Waals surface area contributed by atoms with Crippen LogP contribution in [0.3, 0.4) is 0 Å².